The van der Waals surface area contributed by atoms with Crippen molar-refractivity contribution in [3.63, 3.8) is 0 Å². The SMILES string of the molecule is CN(CC(=O)NC1CC1)c1nnc(CNC2CC2)o1. The van der Waals surface area contributed by atoms with Crippen LogP contribution in [0.15, 0.2) is 4.42 Å². The summed E-state index contributed by atoms with van der Waals surface area (Å²) < 4.78 is 5.51. The first kappa shape index (κ1) is 12.4. The first-order valence-electron chi connectivity index (χ1n) is 6.77. The lowest BCUT2D eigenvalue weighted by molar-refractivity contribution is -0.119. The van der Waals surface area contributed by atoms with E-state index < -0.39 is 0 Å². The van der Waals surface area contributed by atoms with Crippen LogP contribution in [0.2, 0.25) is 0 Å². The van der Waals surface area contributed by atoms with Gasteiger partial charge >= 0.3 is 6.01 Å². The Morgan fingerprint density at radius 1 is 1.32 bits per heavy atom. The monoisotopic (exact) mass is 265 g/mol. The van der Waals surface area contributed by atoms with Crippen molar-refractivity contribution in [1.29, 1.82) is 0 Å². The second kappa shape index (κ2) is 5.16. The maximum atomic E-state index is 11.7. The number of nitrogens with zero attached hydrogens (tertiary/aromatic N) is 3. The van der Waals surface area contributed by atoms with E-state index in [9.17, 15) is 4.79 Å². The number of carbonyl (C=O) groups is 1. The van der Waals surface area contributed by atoms with Gasteiger partial charge in [0.05, 0.1) is 6.54 Å². The Balaban J connectivity index is 1.47. The fourth-order valence-corrected chi connectivity index (χ4v) is 1.77. The highest BCUT2D eigenvalue weighted by molar-refractivity contribution is 5.81. The van der Waals surface area contributed by atoms with E-state index in [4.69, 9.17) is 4.42 Å². The van der Waals surface area contributed by atoms with Gasteiger partial charge in [0.1, 0.15) is 6.54 Å². The highest BCUT2D eigenvalue weighted by Crippen LogP contribution is 2.20. The first-order valence-corrected chi connectivity index (χ1v) is 6.77. The van der Waals surface area contributed by atoms with Crippen molar-refractivity contribution in [3.8, 4) is 0 Å². The molecule has 1 heterocycles. The maximum absolute atomic E-state index is 11.7. The fourth-order valence-electron chi connectivity index (χ4n) is 1.77. The van der Waals surface area contributed by atoms with Crippen LogP contribution in [0.4, 0.5) is 6.01 Å². The molecule has 104 valence electrons. The fraction of sp³-hybridized carbons (Fsp3) is 0.750. The van der Waals surface area contributed by atoms with Crippen LogP contribution >= 0.6 is 0 Å². The molecule has 0 spiro atoms. The van der Waals surface area contributed by atoms with Crippen LogP contribution in [-0.4, -0.2) is 41.8 Å². The van der Waals surface area contributed by atoms with Crippen molar-refractivity contribution >= 4 is 11.9 Å². The number of amides is 1. The van der Waals surface area contributed by atoms with Gasteiger partial charge in [-0.15, -0.1) is 5.10 Å². The zero-order valence-electron chi connectivity index (χ0n) is 11.1. The van der Waals surface area contributed by atoms with Crippen LogP contribution in [0.25, 0.3) is 0 Å². The summed E-state index contributed by atoms with van der Waals surface area (Å²) in [6, 6.07) is 1.37. The number of hydrogen-bond donors (Lipinski definition) is 2. The molecule has 2 aliphatic rings. The molecule has 7 nitrogen and oxygen atoms in total. The van der Waals surface area contributed by atoms with Gasteiger partial charge in [0.15, 0.2) is 0 Å². The Morgan fingerprint density at radius 2 is 2.05 bits per heavy atom. The summed E-state index contributed by atoms with van der Waals surface area (Å²) in [7, 11) is 1.78. The third-order valence-electron chi connectivity index (χ3n) is 3.23. The third-order valence-corrected chi connectivity index (χ3v) is 3.23. The van der Waals surface area contributed by atoms with Crippen LogP contribution < -0.4 is 15.5 Å². The van der Waals surface area contributed by atoms with Crippen LogP contribution in [0, 0.1) is 0 Å². The topological polar surface area (TPSA) is 83.3 Å². The Bertz CT molecular complexity index is 453. The van der Waals surface area contributed by atoms with Crippen LogP contribution in [0.5, 0.6) is 0 Å². The van der Waals surface area contributed by atoms with E-state index in [1.165, 1.54) is 12.8 Å². The number of aromatic nitrogens is 2. The van der Waals surface area contributed by atoms with Gasteiger partial charge in [-0.1, -0.05) is 5.10 Å². The lowest BCUT2D eigenvalue weighted by Gasteiger charge is -2.13. The molecule has 0 saturated heterocycles. The summed E-state index contributed by atoms with van der Waals surface area (Å²) in [5, 5.41) is 14.1. The minimum atomic E-state index is 0.000792. The molecule has 3 rings (SSSR count). The lowest BCUT2D eigenvalue weighted by atomic mass is 10.5. The van der Waals surface area contributed by atoms with Gasteiger partial charge in [-0.25, -0.2) is 0 Å². The summed E-state index contributed by atoms with van der Waals surface area (Å²) in [6.07, 6.45) is 4.63. The largest absolute Gasteiger partial charge is 0.407 e. The molecule has 0 aliphatic heterocycles. The van der Waals surface area contributed by atoms with Gasteiger partial charge in [0.25, 0.3) is 0 Å². The maximum Gasteiger partial charge on any atom is 0.318 e. The predicted octanol–water partition coefficient (Wildman–Crippen LogP) is 0.0364. The molecule has 0 aromatic carbocycles. The highest BCUT2D eigenvalue weighted by Gasteiger charge is 2.24. The minimum Gasteiger partial charge on any atom is -0.407 e. The van der Waals surface area contributed by atoms with Gasteiger partial charge in [0.2, 0.25) is 11.8 Å². The summed E-state index contributed by atoms with van der Waals surface area (Å²) >= 11 is 0. The molecule has 0 radical (unpaired) electrons. The molecule has 1 aromatic rings. The van der Waals surface area contributed by atoms with E-state index in [-0.39, 0.29) is 12.5 Å². The number of carbonyl (C=O) groups excluding carboxylic acids is 1. The second-order valence-corrected chi connectivity index (χ2v) is 5.33. The summed E-state index contributed by atoms with van der Waals surface area (Å²) in [6.45, 7) is 0.841. The minimum absolute atomic E-state index is 0.000792. The van der Waals surface area contributed by atoms with E-state index in [0.717, 1.165) is 12.8 Å². The van der Waals surface area contributed by atoms with Gasteiger partial charge < -0.3 is 20.0 Å². The van der Waals surface area contributed by atoms with E-state index in [1.54, 1.807) is 11.9 Å². The summed E-state index contributed by atoms with van der Waals surface area (Å²) in [5.41, 5.74) is 0. The zero-order chi connectivity index (χ0) is 13.2. The molecule has 7 heteroatoms. The van der Waals surface area contributed by atoms with Crippen molar-refractivity contribution < 1.29 is 9.21 Å². The molecule has 1 aromatic heterocycles. The van der Waals surface area contributed by atoms with Gasteiger partial charge in [0, 0.05) is 19.1 Å². The molecule has 1 amide bonds. The molecule has 2 saturated carbocycles. The predicted molar refractivity (Wildman–Crippen MR) is 68.6 cm³/mol. The van der Waals surface area contributed by atoms with Crippen LogP contribution in [0.1, 0.15) is 31.6 Å². The number of nitrogens with one attached hydrogen (secondary N) is 2. The Hall–Kier alpha value is -1.63. The zero-order valence-corrected chi connectivity index (χ0v) is 11.1. The summed E-state index contributed by atoms with van der Waals surface area (Å²) in [4.78, 5) is 13.3. The van der Waals surface area contributed by atoms with Crippen molar-refractivity contribution in [1.82, 2.24) is 20.8 Å². The van der Waals surface area contributed by atoms with E-state index in [1.807, 2.05) is 0 Å². The molecule has 0 bridgehead atoms. The van der Waals surface area contributed by atoms with Gasteiger partial charge in [-0.2, -0.15) is 0 Å². The lowest BCUT2D eigenvalue weighted by Crippen LogP contribution is -2.36. The highest BCUT2D eigenvalue weighted by atomic mass is 16.4. The molecule has 0 unspecified atom stereocenters. The molecule has 2 aliphatic carbocycles. The number of rotatable bonds is 7. The van der Waals surface area contributed by atoms with Crippen LogP contribution in [0.3, 0.4) is 0 Å². The molecule has 2 fully saturated rings. The smallest absolute Gasteiger partial charge is 0.318 e. The van der Waals surface area contributed by atoms with Crippen molar-refractivity contribution in [2.45, 2.75) is 44.3 Å². The van der Waals surface area contributed by atoms with E-state index in [0.29, 0.717) is 30.5 Å². The number of likely N-dealkylation sites (N-methyl/N-ethyl adjacent to an activating group) is 1. The Kier molecular flexibility index (Phi) is 3.37. The summed E-state index contributed by atoms with van der Waals surface area (Å²) in [5.74, 6) is 0.567. The van der Waals surface area contributed by atoms with E-state index in [2.05, 4.69) is 20.8 Å². The van der Waals surface area contributed by atoms with Gasteiger partial charge in [-0.05, 0) is 25.7 Å². The molecule has 2 N–H and O–H groups in total. The third kappa shape index (κ3) is 3.66. The number of anilines is 1. The van der Waals surface area contributed by atoms with E-state index >= 15 is 0 Å². The standard InChI is InChI=1S/C12H19N5O2/c1-17(7-10(18)14-9-4-5-9)12-16-15-11(19-12)6-13-8-2-3-8/h8-9,13H,2-7H2,1H3,(H,14,18). The quantitative estimate of drug-likeness (QED) is 0.724. The second-order valence-electron chi connectivity index (χ2n) is 5.33. The first-order chi connectivity index (χ1) is 9.20. The Labute approximate surface area is 111 Å². The number of hydrogen-bond acceptors (Lipinski definition) is 6. The molecular weight excluding hydrogens is 246 g/mol. The average Bonchev–Trinajstić information content (AvgIpc) is 3.29. The van der Waals surface area contributed by atoms with Crippen molar-refractivity contribution in [2.75, 3.05) is 18.5 Å². The average molecular weight is 265 g/mol. The van der Waals surface area contributed by atoms with Gasteiger partial charge in [-0.3, -0.25) is 4.79 Å². The molecular formula is C12H19N5O2. The molecule has 19 heavy (non-hydrogen) atoms. The van der Waals surface area contributed by atoms with Crippen molar-refractivity contribution in [3.05, 3.63) is 5.89 Å². The Morgan fingerprint density at radius 3 is 2.74 bits per heavy atom. The van der Waals surface area contributed by atoms with Crippen LogP contribution in [-0.2, 0) is 11.3 Å². The molecule has 0 atom stereocenters. The normalized spacial score (nSPS) is 18.4. The van der Waals surface area contributed by atoms with Crippen molar-refractivity contribution in [2.24, 2.45) is 0 Å².